The summed E-state index contributed by atoms with van der Waals surface area (Å²) in [6.45, 7) is 7.42. The van der Waals surface area contributed by atoms with Crippen LogP contribution in [0.15, 0.2) is 12.4 Å². The topological polar surface area (TPSA) is 78.4 Å². The van der Waals surface area contributed by atoms with E-state index in [-0.39, 0.29) is 11.5 Å². The molecule has 1 aliphatic rings. The van der Waals surface area contributed by atoms with Gasteiger partial charge in [0.15, 0.2) is 0 Å². The number of nitrogens with one attached hydrogen (secondary N) is 1. The lowest BCUT2D eigenvalue weighted by atomic mass is 10.1. The van der Waals surface area contributed by atoms with Crippen LogP contribution in [0, 0.1) is 5.92 Å². The molecule has 6 nitrogen and oxygen atoms in total. The van der Waals surface area contributed by atoms with Crippen LogP contribution in [0.5, 0.6) is 0 Å². The van der Waals surface area contributed by atoms with Gasteiger partial charge >= 0.3 is 5.97 Å². The summed E-state index contributed by atoms with van der Waals surface area (Å²) in [6.07, 6.45) is 2.18. The predicted octanol–water partition coefficient (Wildman–Crippen LogP) is 1.60. The second-order valence-corrected chi connectivity index (χ2v) is 5.91. The van der Waals surface area contributed by atoms with Crippen molar-refractivity contribution >= 4 is 17.6 Å². The minimum absolute atomic E-state index is 0.0692. The van der Waals surface area contributed by atoms with Crippen LogP contribution in [-0.4, -0.2) is 39.7 Å². The molecule has 1 fully saturated rings. The molecule has 0 radical (unpaired) electrons. The van der Waals surface area contributed by atoms with Crippen molar-refractivity contribution in [1.29, 1.82) is 0 Å². The van der Waals surface area contributed by atoms with Crippen LogP contribution < -0.4 is 10.2 Å². The van der Waals surface area contributed by atoms with E-state index in [4.69, 9.17) is 5.11 Å². The Kier molecular flexibility index (Phi) is 3.59. The fraction of sp³-hybridized carbons (Fsp3) is 0.615. The van der Waals surface area contributed by atoms with E-state index in [2.05, 4.69) is 36.1 Å². The van der Waals surface area contributed by atoms with Crippen LogP contribution in [0.1, 0.15) is 27.2 Å². The largest absolute Gasteiger partial charge is 0.481 e. The lowest BCUT2D eigenvalue weighted by molar-refractivity contribution is -0.140. The number of rotatable bonds is 3. The predicted molar refractivity (Wildman–Crippen MR) is 73.4 cm³/mol. The van der Waals surface area contributed by atoms with Crippen molar-refractivity contribution in [2.45, 2.75) is 32.7 Å². The lowest BCUT2D eigenvalue weighted by Gasteiger charge is -2.23. The van der Waals surface area contributed by atoms with Crippen molar-refractivity contribution in [1.82, 2.24) is 9.97 Å². The number of hydrogen-bond donors (Lipinski definition) is 2. The van der Waals surface area contributed by atoms with Gasteiger partial charge in [0.2, 0.25) is 0 Å². The van der Waals surface area contributed by atoms with Crippen molar-refractivity contribution in [2.75, 3.05) is 23.3 Å². The smallest absolute Gasteiger partial charge is 0.308 e. The van der Waals surface area contributed by atoms with Crippen molar-refractivity contribution < 1.29 is 9.90 Å². The summed E-state index contributed by atoms with van der Waals surface area (Å²) < 4.78 is 0. The van der Waals surface area contributed by atoms with Gasteiger partial charge in [0.05, 0.1) is 5.92 Å². The first kappa shape index (κ1) is 13.6. The highest BCUT2D eigenvalue weighted by Gasteiger charge is 2.28. The Morgan fingerprint density at radius 3 is 2.79 bits per heavy atom. The molecule has 1 aromatic heterocycles. The van der Waals surface area contributed by atoms with Gasteiger partial charge in [0, 0.05) is 24.7 Å². The maximum atomic E-state index is 11.0. The van der Waals surface area contributed by atoms with Crippen LogP contribution in [0.4, 0.5) is 11.6 Å². The first-order valence-electron chi connectivity index (χ1n) is 6.43. The fourth-order valence-electron chi connectivity index (χ4n) is 2.14. The molecule has 1 saturated heterocycles. The third-order valence-electron chi connectivity index (χ3n) is 3.02. The number of carboxylic acids is 1. The van der Waals surface area contributed by atoms with E-state index in [1.165, 1.54) is 6.33 Å². The number of carboxylic acid groups (broad SMARTS) is 1. The Morgan fingerprint density at radius 1 is 1.47 bits per heavy atom. The Labute approximate surface area is 112 Å². The van der Waals surface area contributed by atoms with Gasteiger partial charge in [-0.2, -0.15) is 0 Å². The lowest BCUT2D eigenvalue weighted by Crippen LogP contribution is -2.27. The Bertz CT molecular complexity index is 470. The first-order valence-corrected chi connectivity index (χ1v) is 6.43. The fourth-order valence-corrected chi connectivity index (χ4v) is 2.14. The van der Waals surface area contributed by atoms with Crippen LogP contribution in [-0.2, 0) is 4.79 Å². The highest BCUT2D eigenvalue weighted by molar-refractivity contribution is 5.72. The van der Waals surface area contributed by atoms with E-state index in [1.807, 2.05) is 11.0 Å². The van der Waals surface area contributed by atoms with Gasteiger partial charge in [-0.25, -0.2) is 9.97 Å². The Morgan fingerprint density at radius 2 is 2.21 bits per heavy atom. The number of aromatic nitrogens is 2. The molecule has 0 bridgehead atoms. The van der Waals surface area contributed by atoms with Gasteiger partial charge in [-0.15, -0.1) is 0 Å². The van der Waals surface area contributed by atoms with E-state index in [1.54, 1.807) is 0 Å². The molecule has 1 atom stereocenters. The van der Waals surface area contributed by atoms with Crippen molar-refractivity contribution in [3.63, 3.8) is 0 Å². The molecule has 1 unspecified atom stereocenters. The number of hydrogen-bond acceptors (Lipinski definition) is 5. The summed E-state index contributed by atoms with van der Waals surface area (Å²) in [5, 5.41) is 12.3. The first-order chi connectivity index (χ1) is 8.85. The standard InChI is InChI=1S/C13H20N4O2/c1-13(2,3)16-10-6-11(15-8-14-10)17-5-4-9(7-17)12(18)19/h6,8-9H,4-5,7H2,1-3H3,(H,18,19)(H,14,15,16). The number of anilines is 2. The van der Waals surface area contributed by atoms with Crippen molar-refractivity contribution in [3.05, 3.63) is 12.4 Å². The summed E-state index contributed by atoms with van der Waals surface area (Å²) >= 11 is 0. The highest BCUT2D eigenvalue weighted by Crippen LogP contribution is 2.24. The third kappa shape index (κ3) is 3.56. The molecule has 0 aliphatic carbocycles. The molecule has 0 spiro atoms. The van der Waals surface area contributed by atoms with Gasteiger partial charge in [-0.1, -0.05) is 0 Å². The Balaban J connectivity index is 2.09. The van der Waals surface area contributed by atoms with E-state index in [0.717, 1.165) is 18.2 Å². The molecule has 1 aliphatic heterocycles. The highest BCUT2D eigenvalue weighted by atomic mass is 16.4. The van der Waals surface area contributed by atoms with E-state index in [9.17, 15) is 4.79 Å². The molecule has 6 heteroatoms. The molecule has 0 amide bonds. The summed E-state index contributed by atoms with van der Waals surface area (Å²) in [7, 11) is 0. The third-order valence-corrected chi connectivity index (χ3v) is 3.02. The van der Waals surface area contributed by atoms with E-state index in [0.29, 0.717) is 13.0 Å². The van der Waals surface area contributed by atoms with E-state index < -0.39 is 5.97 Å². The minimum Gasteiger partial charge on any atom is -0.481 e. The molecule has 1 aromatic rings. The normalized spacial score (nSPS) is 19.5. The number of nitrogens with zero attached hydrogens (tertiary/aromatic N) is 3. The number of carbonyl (C=O) groups is 1. The molecule has 0 aromatic carbocycles. The van der Waals surface area contributed by atoms with Crippen molar-refractivity contribution in [3.8, 4) is 0 Å². The second kappa shape index (κ2) is 5.03. The van der Waals surface area contributed by atoms with Crippen LogP contribution in [0.2, 0.25) is 0 Å². The zero-order chi connectivity index (χ0) is 14.0. The summed E-state index contributed by atoms with van der Waals surface area (Å²) in [5.41, 5.74) is -0.0692. The van der Waals surface area contributed by atoms with Crippen LogP contribution in [0.25, 0.3) is 0 Å². The Hall–Kier alpha value is -1.85. The molecule has 2 N–H and O–H groups in total. The van der Waals surface area contributed by atoms with Crippen molar-refractivity contribution in [2.24, 2.45) is 5.92 Å². The molecule has 2 heterocycles. The molecule has 104 valence electrons. The average molecular weight is 264 g/mol. The maximum Gasteiger partial charge on any atom is 0.308 e. The second-order valence-electron chi connectivity index (χ2n) is 5.91. The quantitative estimate of drug-likeness (QED) is 0.863. The average Bonchev–Trinajstić information content (AvgIpc) is 2.76. The molecular weight excluding hydrogens is 244 g/mol. The van der Waals surface area contributed by atoms with Crippen LogP contribution in [0.3, 0.4) is 0 Å². The summed E-state index contributed by atoms with van der Waals surface area (Å²) in [4.78, 5) is 21.4. The maximum absolute atomic E-state index is 11.0. The summed E-state index contributed by atoms with van der Waals surface area (Å²) in [6, 6.07) is 1.87. The van der Waals surface area contributed by atoms with Gasteiger partial charge in [0.25, 0.3) is 0 Å². The monoisotopic (exact) mass is 264 g/mol. The summed E-state index contributed by atoms with van der Waals surface area (Å²) in [5.74, 6) is 0.514. The minimum atomic E-state index is -0.732. The SMILES string of the molecule is CC(C)(C)Nc1cc(N2CCC(C(=O)O)C2)ncn1. The van der Waals surface area contributed by atoms with Gasteiger partial charge in [0.1, 0.15) is 18.0 Å². The molecular formula is C13H20N4O2. The van der Waals surface area contributed by atoms with Gasteiger partial charge in [-0.05, 0) is 27.2 Å². The molecule has 19 heavy (non-hydrogen) atoms. The van der Waals surface area contributed by atoms with Gasteiger partial charge < -0.3 is 15.3 Å². The van der Waals surface area contributed by atoms with Gasteiger partial charge in [-0.3, -0.25) is 4.79 Å². The zero-order valence-electron chi connectivity index (χ0n) is 11.6. The molecule has 2 rings (SSSR count). The van der Waals surface area contributed by atoms with E-state index >= 15 is 0 Å². The van der Waals surface area contributed by atoms with Crippen LogP contribution >= 0.6 is 0 Å². The number of aliphatic carboxylic acids is 1. The zero-order valence-corrected chi connectivity index (χ0v) is 11.6. The molecule has 0 saturated carbocycles.